The van der Waals surface area contributed by atoms with E-state index in [1.165, 1.54) is 0 Å². The molecule has 0 spiro atoms. The minimum absolute atomic E-state index is 0.0389. The van der Waals surface area contributed by atoms with E-state index < -0.39 is 0 Å². The molecule has 1 aliphatic heterocycles. The summed E-state index contributed by atoms with van der Waals surface area (Å²) in [5.41, 5.74) is 0. The predicted octanol–water partition coefficient (Wildman–Crippen LogP) is 0.888. The van der Waals surface area contributed by atoms with Crippen LogP contribution in [0.25, 0.3) is 0 Å². The molecular formula is C13H17N5O. The van der Waals surface area contributed by atoms with Crippen LogP contribution in [0.1, 0.15) is 36.6 Å². The first-order valence-corrected chi connectivity index (χ1v) is 6.37. The third-order valence-corrected chi connectivity index (χ3v) is 3.61. The van der Waals surface area contributed by atoms with Gasteiger partial charge < -0.3 is 9.13 Å². The first kappa shape index (κ1) is 12.1. The Morgan fingerprint density at radius 1 is 1.05 bits per heavy atom. The Balaban J connectivity index is 1.88. The summed E-state index contributed by atoms with van der Waals surface area (Å²) in [6, 6.07) is -0.0779. The number of carbonyl (C=O) groups excluding carboxylic acids is 1. The van der Waals surface area contributed by atoms with E-state index in [9.17, 15) is 4.79 Å². The Labute approximate surface area is 111 Å². The van der Waals surface area contributed by atoms with E-state index in [1.54, 1.807) is 12.4 Å². The monoisotopic (exact) mass is 259 g/mol. The lowest BCUT2D eigenvalue weighted by atomic mass is 9.96. The fraction of sp³-hybridized carbons (Fsp3) is 0.462. The normalized spacial score (nSPS) is 23.8. The van der Waals surface area contributed by atoms with Crippen LogP contribution in [0, 0.1) is 0 Å². The molecule has 3 rings (SSSR count). The van der Waals surface area contributed by atoms with Gasteiger partial charge in [-0.15, -0.1) is 0 Å². The fourth-order valence-electron chi connectivity index (χ4n) is 2.66. The highest BCUT2D eigenvalue weighted by Crippen LogP contribution is 2.29. The molecular weight excluding hydrogens is 242 g/mol. The van der Waals surface area contributed by atoms with E-state index >= 15 is 0 Å². The molecule has 2 aromatic heterocycles. The molecule has 1 fully saturated rings. The van der Waals surface area contributed by atoms with Gasteiger partial charge in [0.1, 0.15) is 17.4 Å². The van der Waals surface area contributed by atoms with Crippen LogP contribution in [0.2, 0.25) is 0 Å². The SMILES string of the molecule is Cn1ccnc1C1CC(=O)CC(c2nccn2C)N1. The average molecular weight is 259 g/mol. The quantitative estimate of drug-likeness (QED) is 0.870. The van der Waals surface area contributed by atoms with Crippen LogP contribution in [0.4, 0.5) is 0 Å². The Hall–Kier alpha value is -1.95. The number of nitrogens with one attached hydrogen (secondary N) is 1. The second kappa shape index (κ2) is 4.62. The van der Waals surface area contributed by atoms with Gasteiger partial charge in [0.05, 0.1) is 12.1 Å². The minimum atomic E-state index is -0.0389. The van der Waals surface area contributed by atoms with E-state index in [4.69, 9.17) is 0 Å². The first-order chi connectivity index (χ1) is 9.15. The van der Waals surface area contributed by atoms with Crippen LogP contribution in [0.15, 0.2) is 24.8 Å². The zero-order valence-corrected chi connectivity index (χ0v) is 11.1. The summed E-state index contributed by atoms with van der Waals surface area (Å²) in [5, 5.41) is 3.48. The van der Waals surface area contributed by atoms with Gasteiger partial charge in [0.2, 0.25) is 0 Å². The van der Waals surface area contributed by atoms with Gasteiger partial charge in [-0.25, -0.2) is 9.97 Å². The summed E-state index contributed by atoms with van der Waals surface area (Å²) in [6.45, 7) is 0. The van der Waals surface area contributed by atoms with Crippen molar-refractivity contribution in [2.75, 3.05) is 0 Å². The van der Waals surface area contributed by atoms with Gasteiger partial charge in [-0.1, -0.05) is 0 Å². The standard InChI is InChI=1S/C13H17N5O/c1-17-5-3-14-12(17)10-7-9(19)8-11(16-10)13-15-4-6-18(13)2/h3-6,10-11,16H,7-8H2,1-2H3. The molecule has 0 radical (unpaired) electrons. The average Bonchev–Trinajstić information content (AvgIpc) is 2.97. The molecule has 1 N–H and O–H groups in total. The lowest BCUT2D eigenvalue weighted by Gasteiger charge is -2.29. The maximum atomic E-state index is 12.0. The Morgan fingerprint density at radius 3 is 1.89 bits per heavy atom. The number of piperidine rings is 1. The Bertz CT molecular complexity index is 549. The number of hydrogen-bond acceptors (Lipinski definition) is 4. The highest BCUT2D eigenvalue weighted by atomic mass is 16.1. The highest BCUT2D eigenvalue weighted by molar-refractivity contribution is 5.80. The van der Waals surface area contributed by atoms with Crippen LogP contribution >= 0.6 is 0 Å². The molecule has 2 atom stereocenters. The number of hydrogen-bond donors (Lipinski definition) is 1. The van der Waals surface area contributed by atoms with Crippen molar-refractivity contribution >= 4 is 5.78 Å². The van der Waals surface area contributed by atoms with Crippen LogP contribution in [-0.4, -0.2) is 24.9 Å². The number of nitrogens with zero attached hydrogens (tertiary/aromatic N) is 4. The predicted molar refractivity (Wildman–Crippen MR) is 69.3 cm³/mol. The van der Waals surface area contributed by atoms with Crippen LogP contribution in [-0.2, 0) is 18.9 Å². The second-order valence-electron chi connectivity index (χ2n) is 5.01. The van der Waals surface area contributed by atoms with E-state index in [0.717, 1.165) is 11.6 Å². The third kappa shape index (κ3) is 2.19. The Morgan fingerprint density at radius 2 is 1.53 bits per heavy atom. The van der Waals surface area contributed by atoms with Crippen molar-refractivity contribution in [2.24, 2.45) is 14.1 Å². The lowest BCUT2D eigenvalue weighted by molar-refractivity contribution is -0.121. The van der Waals surface area contributed by atoms with Gasteiger partial charge in [0, 0.05) is 51.7 Å². The highest BCUT2D eigenvalue weighted by Gasteiger charge is 2.32. The minimum Gasteiger partial charge on any atom is -0.337 e. The third-order valence-electron chi connectivity index (χ3n) is 3.61. The molecule has 3 heterocycles. The summed E-state index contributed by atoms with van der Waals surface area (Å²) in [4.78, 5) is 20.6. The Kier molecular flexibility index (Phi) is 2.94. The molecule has 2 aromatic rings. The zero-order valence-electron chi connectivity index (χ0n) is 11.1. The van der Waals surface area contributed by atoms with Crippen molar-refractivity contribution in [1.29, 1.82) is 0 Å². The summed E-state index contributed by atoms with van der Waals surface area (Å²) >= 11 is 0. The lowest BCUT2D eigenvalue weighted by Crippen LogP contribution is -2.37. The van der Waals surface area contributed by atoms with Crippen LogP contribution in [0.5, 0.6) is 0 Å². The molecule has 0 bridgehead atoms. The van der Waals surface area contributed by atoms with Gasteiger partial charge in [-0.2, -0.15) is 0 Å². The molecule has 1 aliphatic rings. The van der Waals surface area contributed by atoms with E-state index in [2.05, 4.69) is 15.3 Å². The number of rotatable bonds is 2. The largest absolute Gasteiger partial charge is 0.337 e. The molecule has 6 heteroatoms. The van der Waals surface area contributed by atoms with Gasteiger partial charge in [-0.05, 0) is 0 Å². The number of aryl methyl sites for hydroxylation is 2. The number of imidazole rings is 2. The molecule has 0 amide bonds. The van der Waals surface area contributed by atoms with Crippen molar-refractivity contribution in [2.45, 2.75) is 24.9 Å². The number of aromatic nitrogens is 4. The fourth-order valence-corrected chi connectivity index (χ4v) is 2.66. The summed E-state index contributed by atoms with van der Waals surface area (Å²) in [7, 11) is 3.89. The molecule has 2 unspecified atom stereocenters. The van der Waals surface area contributed by atoms with E-state index in [0.29, 0.717) is 12.8 Å². The zero-order chi connectivity index (χ0) is 13.4. The van der Waals surface area contributed by atoms with E-state index in [-0.39, 0.29) is 17.9 Å². The van der Waals surface area contributed by atoms with Crippen LogP contribution < -0.4 is 5.32 Å². The molecule has 6 nitrogen and oxygen atoms in total. The number of ketones is 1. The van der Waals surface area contributed by atoms with Crippen molar-refractivity contribution in [3.8, 4) is 0 Å². The summed E-state index contributed by atoms with van der Waals surface area (Å²) in [5.74, 6) is 2.04. The van der Waals surface area contributed by atoms with Crippen molar-refractivity contribution in [1.82, 2.24) is 24.4 Å². The smallest absolute Gasteiger partial charge is 0.136 e. The topological polar surface area (TPSA) is 64.7 Å². The van der Waals surface area contributed by atoms with Crippen molar-refractivity contribution < 1.29 is 4.79 Å². The van der Waals surface area contributed by atoms with Crippen molar-refractivity contribution in [3.63, 3.8) is 0 Å². The van der Waals surface area contributed by atoms with Gasteiger partial charge in [0.15, 0.2) is 0 Å². The molecule has 0 aliphatic carbocycles. The van der Waals surface area contributed by atoms with Crippen molar-refractivity contribution in [3.05, 3.63) is 36.4 Å². The van der Waals surface area contributed by atoms with Gasteiger partial charge in [-0.3, -0.25) is 10.1 Å². The first-order valence-electron chi connectivity index (χ1n) is 6.37. The number of Topliss-reactive ketones (excluding diaryl/α,β-unsaturated/α-hetero) is 1. The van der Waals surface area contributed by atoms with E-state index in [1.807, 2.05) is 35.6 Å². The van der Waals surface area contributed by atoms with Gasteiger partial charge in [0.25, 0.3) is 0 Å². The molecule has 0 saturated carbocycles. The molecule has 1 saturated heterocycles. The summed E-state index contributed by atoms with van der Waals surface area (Å²) in [6.07, 6.45) is 8.28. The molecule has 100 valence electrons. The maximum Gasteiger partial charge on any atom is 0.136 e. The second-order valence-corrected chi connectivity index (χ2v) is 5.01. The molecule has 0 aromatic carbocycles. The maximum absolute atomic E-state index is 12.0. The number of carbonyl (C=O) groups is 1. The molecule has 19 heavy (non-hydrogen) atoms. The van der Waals surface area contributed by atoms with Crippen LogP contribution in [0.3, 0.4) is 0 Å². The van der Waals surface area contributed by atoms with Gasteiger partial charge >= 0.3 is 0 Å². The summed E-state index contributed by atoms with van der Waals surface area (Å²) < 4.78 is 3.90.